The summed E-state index contributed by atoms with van der Waals surface area (Å²) in [5.74, 6) is 0.506. The summed E-state index contributed by atoms with van der Waals surface area (Å²) >= 11 is 0. The number of halogens is 2. The van der Waals surface area contributed by atoms with Crippen molar-refractivity contribution in [1.29, 1.82) is 0 Å². The van der Waals surface area contributed by atoms with Crippen LogP contribution in [0.25, 0.3) is 11.1 Å². The van der Waals surface area contributed by atoms with Gasteiger partial charge in [-0.05, 0) is 11.6 Å². The largest absolute Gasteiger partial charge is 0.352 e. The Morgan fingerprint density at radius 2 is 1.86 bits per heavy atom. The van der Waals surface area contributed by atoms with Crippen molar-refractivity contribution in [2.45, 2.75) is 0 Å². The lowest BCUT2D eigenvalue weighted by Crippen LogP contribution is -2.48. The summed E-state index contributed by atoms with van der Waals surface area (Å²) in [7, 11) is 0. The molecule has 6 heteroatoms. The molecule has 1 aliphatic rings. The van der Waals surface area contributed by atoms with Crippen LogP contribution in [-0.2, 0) is 0 Å². The first-order valence-electron chi connectivity index (χ1n) is 6.82. The van der Waals surface area contributed by atoms with Gasteiger partial charge in [-0.15, -0.1) is 24.8 Å². The number of nitrogens with one attached hydrogen (secondary N) is 2. The highest BCUT2D eigenvalue weighted by Gasteiger charge is 2.17. The molecule has 0 spiro atoms. The second-order valence-corrected chi connectivity index (χ2v) is 5.06. The zero-order valence-corrected chi connectivity index (χ0v) is 13.6. The molecule has 22 heavy (non-hydrogen) atoms. The summed E-state index contributed by atoms with van der Waals surface area (Å²) < 4.78 is 0. The zero-order chi connectivity index (χ0) is 13.8. The number of carbonyl (C=O) groups excluding carboxylic acids is 1. The van der Waals surface area contributed by atoms with Gasteiger partial charge in [0.2, 0.25) is 0 Å². The highest BCUT2D eigenvalue weighted by molar-refractivity contribution is 5.95. The monoisotopic (exact) mass is 339 g/mol. The first-order valence-corrected chi connectivity index (χ1v) is 6.82. The van der Waals surface area contributed by atoms with E-state index >= 15 is 0 Å². The number of carbonyl (C=O) groups is 1. The van der Waals surface area contributed by atoms with Crippen molar-refractivity contribution >= 4 is 30.7 Å². The van der Waals surface area contributed by atoms with Gasteiger partial charge < -0.3 is 10.6 Å². The van der Waals surface area contributed by atoms with Crippen LogP contribution in [0.15, 0.2) is 48.8 Å². The molecule has 1 fully saturated rings. The van der Waals surface area contributed by atoms with Gasteiger partial charge in [0.15, 0.2) is 0 Å². The molecule has 0 bridgehead atoms. The predicted octanol–water partition coefficient (Wildman–Crippen LogP) is 2.54. The highest BCUT2D eigenvalue weighted by Crippen LogP contribution is 2.18. The fourth-order valence-corrected chi connectivity index (χ4v) is 2.18. The first-order chi connectivity index (χ1) is 9.83. The Kier molecular flexibility index (Phi) is 7.32. The molecule has 1 amide bonds. The van der Waals surface area contributed by atoms with Crippen LogP contribution in [0.4, 0.5) is 0 Å². The Labute approximate surface area is 142 Å². The third kappa shape index (κ3) is 4.44. The molecule has 1 saturated heterocycles. The van der Waals surface area contributed by atoms with Crippen molar-refractivity contribution < 1.29 is 4.79 Å². The molecule has 2 N–H and O–H groups in total. The normalized spacial score (nSPS) is 13.3. The van der Waals surface area contributed by atoms with Gasteiger partial charge in [0, 0.05) is 43.5 Å². The van der Waals surface area contributed by atoms with E-state index in [1.807, 2.05) is 36.4 Å². The van der Waals surface area contributed by atoms with E-state index in [1.165, 1.54) is 0 Å². The Balaban J connectivity index is 0.00000121. The average Bonchev–Trinajstić information content (AvgIpc) is 2.46. The minimum Gasteiger partial charge on any atom is -0.352 e. The summed E-state index contributed by atoms with van der Waals surface area (Å²) in [5.41, 5.74) is 2.64. The maximum absolute atomic E-state index is 12.1. The number of amides is 1. The van der Waals surface area contributed by atoms with Gasteiger partial charge in [0.1, 0.15) is 0 Å². The number of hydrogen-bond acceptors (Lipinski definition) is 3. The van der Waals surface area contributed by atoms with Gasteiger partial charge in [-0.2, -0.15) is 0 Å². The summed E-state index contributed by atoms with van der Waals surface area (Å²) in [4.78, 5) is 16.3. The molecule has 1 aromatic carbocycles. The summed E-state index contributed by atoms with van der Waals surface area (Å²) in [6, 6.07) is 11.8. The molecule has 1 aromatic heterocycles. The van der Waals surface area contributed by atoms with Gasteiger partial charge in [-0.1, -0.05) is 30.3 Å². The second-order valence-electron chi connectivity index (χ2n) is 5.06. The van der Waals surface area contributed by atoms with Crippen LogP contribution in [0, 0.1) is 5.92 Å². The fraction of sp³-hybridized carbons (Fsp3) is 0.250. The molecule has 0 unspecified atom stereocenters. The molecular weight excluding hydrogens is 321 g/mol. The maximum atomic E-state index is 12.1. The van der Waals surface area contributed by atoms with E-state index in [9.17, 15) is 4.79 Å². The molecule has 1 aliphatic heterocycles. The third-order valence-corrected chi connectivity index (χ3v) is 3.52. The first kappa shape index (κ1) is 18.4. The SMILES string of the molecule is Cl.Cl.O=C(NCC1CNC1)c1cncc(-c2ccccc2)c1. The molecule has 2 aromatic rings. The Bertz CT molecular complexity index is 603. The number of aromatic nitrogens is 1. The van der Waals surface area contributed by atoms with Gasteiger partial charge in [-0.3, -0.25) is 9.78 Å². The van der Waals surface area contributed by atoms with E-state index in [0.717, 1.165) is 30.8 Å². The summed E-state index contributed by atoms with van der Waals surface area (Å²) in [6.07, 6.45) is 3.39. The molecule has 4 nitrogen and oxygen atoms in total. The summed E-state index contributed by atoms with van der Waals surface area (Å²) in [5, 5.41) is 6.15. The van der Waals surface area contributed by atoms with Crippen molar-refractivity contribution in [3.8, 4) is 11.1 Å². The molecule has 2 heterocycles. The fourth-order valence-electron chi connectivity index (χ4n) is 2.18. The lowest BCUT2D eigenvalue weighted by atomic mass is 10.0. The molecular formula is C16H19Cl2N3O. The van der Waals surface area contributed by atoms with Crippen molar-refractivity contribution in [3.05, 3.63) is 54.4 Å². The second kappa shape index (κ2) is 8.73. The van der Waals surface area contributed by atoms with Crippen molar-refractivity contribution in [1.82, 2.24) is 15.6 Å². The Hall–Kier alpha value is -1.62. The number of nitrogens with zero attached hydrogens (tertiary/aromatic N) is 1. The van der Waals surface area contributed by atoms with E-state index < -0.39 is 0 Å². The average molecular weight is 340 g/mol. The van der Waals surface area contributed by atoms with Gasteiger partial charge in [-0.25, -0.2) is 0 Å². The smallest absolute Gasteiger partial charge is 0.252 e. The van der Waals surface area contributed by atoms with Gasteiger partial charge >= 0.3 is 0 Å². The topological polar surface area (TPSA) is 54.0 Å². The van der Waals surface area contributed by atoms with Crippen LogP contribution in [0.1, 0.15) is 10.4 Å². The van der Waals surface area contributed by atoms with Gasteiger partial charge in [0.25, 0.3) is 5.91 Å². The van der Waals surface area contributed by atoms with Crippen LogP contribution in [0.3, 0.4) is 0 Å². The predicted molar refractivity (Wildman–Crippen MR) is 92.9 cm³/mol. The van der Waals surface area contributed by atoms with Crippen molar-refractivity contribution in [2.75, 3.05) is 19.6 Å². The van der Waals surface area contributed by atoms with Crippen molar-refractivity contribution in [3.63, 3.8) is 0 Å². The lowest BCUT2D eigenvalue weighted by molar-refractivity contribution is 0.0942. The highest BCUT2D eigenvalue weighted by atomic mass is 35.5. The molecule has 118 valence electrons. The van der Waals surface area contributed by atoms with E-state index in [4.69, 9.17) is 0 Å². The van der Waals surface area contributed by atoms with E-state index in [-0.39, 0.29) is 30.7 Å². The third-order valence-electron chi connectivity index (χ3n) is 3.52. The van der Waals surface area contributed by atoms with Crippen LogP contribution in [0.2, 0.25) is 0 Å². The van der Waals surface area contributed by atoms with Crippen LogP contribution in [0.5, 0.6) is 0 Å². The summed E-state index contributed by atoms with van der Waals surface area (Å²) in [6.45, 7) is 2.70. The van der Waals surface area contributed by atoms with Crippen LogP contribution in [-0.4, -0.2) is 30.5 Å². The quantitative estimate of drug-likeness (QED) is 0.899. The van der Waals surface area contributed by atoms with E-state index in [2.05, 4.69) is 15.6 Å². The minimum atomic E-state index is -0.0535. The Morgan fingerprint density at radius 3 is 2.50 bits per heavy atom. The van der Waals surface area contributed by atoms with Crippen molar-refractivity contribution in [2.24, 2.45) is 5.92 Å². The molecule has 3 rings (SSSR count). The van der Waals surface area contributed by atoms with Crippen LogP contribution < -0.4 is 10.6 Å². The molecule has 0 aliphatic carbocycles. The molecule has 0 radical (unpaired) electrons. The van der Waals surface area contributed by atoms with E-state index in [1.54, 1.807) is 12.4 Å². The number of benzene rings is 1. The van der Waals surface area contributed by atoms with E-state index in [0.29, 0.717) is 11.5 Å². The zero-order valence-electron chi connectivity index (χ0n) is 12.0. The Morgan fingerprint density at radius 1 is 1.14 bits per heavy atom. The van der Waals surface area contributed by atoms with Crippen LogP contribution >= 0.6 is 24.8 Å². The number of rotatable bonds is 4. The number of hydrogen-bond donors (Lipinski definition) is 2. The molecule has 0 saturated carbocycles. The molecule has 0 atom stereocenters. The minimum absolute atomic E-state index is 0. The lowest BCUT2D eigenvalue weighted by Gasteiger charge is -2.27. The number of pyridine rings is 1. The standard InChI is InChI=1S/C16H17N3O.2ClH/c20-16(19-9-12-7-17-8-12)15-6-14(10-18-11-15)13-4-2-1-3-5-13;;/h1-6,10-12,17H,7-9H2,(H,19,20);2*1H. The maximum Gasteiger partial charge on any atom is 0.252 e. The van der Waals surface area contributed by atoms with Gasteiger partial charge in [0.05, 0.1) is 5.56 Å².